The van der Waals surface area contributed by atoms with E-state index in [-0.39, 0.29) is 33.4 Å². The molecular weight excluding hydrogens is 492 g/mol. The first-order valence-corrected chi connectivity index (χ1v) is 13.4. The number of aliphatic hydroxyl groups is 2. The van der Waals surface area contributed by atoms with Gasteiger partial charge in [0.05, 0.1) is 11.2 Å². The van der Waals surface area contributed by atoms with Gasteiger partial charge >= 0.3 is 0 Å². The summed E-state index contributed by atoms with van der Waals surface area (Å²) in [6.45, 7) is 17.2. The summed E-state index contributed by atoms with van der Waals surface area (Å²) < 4.78 is 0. The van der Waals surface area contributed by atoms with Gasteiger partial charge in [-0.05, 0) is 90.5 Å². The van der Waals surface area contributed by atoms with Crippen molar-refractivity contribution in [2.24, 2.45) is 0 Å². The summed E-state index contributed by atoms with van der Waals surface area (Å²) in [5.41, 5.74) is 1.13. The number of hydrogen-bond acceptors (Lipinski definition) is 4. The zero-order valence-corrected chi connectivity index (χ0v) is 23.3. The van der Waals surface area contributed by atoms with Crippen LogP contribution in [0.25, 0.3) is 0 Å². The fraction of sp³-hybridized carbons (Fsp3) is 0.636. The Morgan fingerprint density at radius 3 is 1.21 bits per heavy atom. The molecule has 218 valence electrons. The third-order valence-electron chi connectivity index (χ3n) is 7.77. The van der Waals surface area contributed by atoms with E-state index >= 15 is 0 Å². The molecule has 2 heterocycles. The van der Waals surface area contributed by atoms with Gasteiger partial charge in [-0.1, -0.05) is 76.3 Å². The fourth-order valence-electron chi connectivity index (χ4n) is 5.18. The summed E-state index contributed by atoms with van der Waals surface area (Å²) in [5, 5.41) is 22.2. The molecular formula is C33H57ClN2O2. The van der Waals surface area contributed by atoms with Gasteiger partial charge in [-0.15, -0.1) is 0 Å². The summed E-state index contributed by atoms with van der Waals surface area (Å²) >= 11 is 5.89. The van der Waals surface area contributed by atoms with Crippen molar-refractivity contribution in [3.63, 3.8) is 0 Å². The number of halogens is 1. The second-order valence-corrected chi connectivity index (χ2v) is 12.7. The predicted molar refractivity (Wildman–Crippen MR) is 167 cm³/mol. The van der Waals surface area contributed by atoms with Gasteiger partial charge in [0.15, 0.2) is 0 Å². The Hall–Kier alpha value is -1.43. The predicted octanol–water partition coefficient (Wildman–Crippen LogP) is 8.10. The van der Waals surface area contributed by atoms with Gasteiger partial charge in [-0.2, -0.15) is 0 Å². The number of likely N-dealkylation sites (tertiary alicyclic amines) is 2. The second kappa shape index (κ2) is 14.3. The van der Waals surface area contributed by atoms with Crippen LogP contribution in [0.3, 0.4) is 0 Å². The Morgan fingerprint density at radius 2 is 0.895 bits per heavy atom. The first-order valence-electron chi connectivity index (χ1n) is 13.0. The van der Waals surface area contributed by atoms with Crippen LogP contribution in [0.4, 0.5) is 0 Å². The molecule has 2 aromatic carbocycles. The van der Waals surface area contributed by atoms with Gasteiger partial charge < -0.3 is 10.2 Å². The molecule has 4 rings (SSSR count). The normalized spacial score (nSPS) is 19.5. The molecule has 0 amide bonds. The third-order valence-corrected chi connectivity index (χ3v) is 8.02. The molecule has 0 radical (unpaired) electrons. The van der Waals surface area contributed by atoms with Gasteiger partial charge in [-0.3, -0.25) is 9.80 Å². The van der Waals surface area contributed by atoms with Gasteiger partial charge in [0.2, 0.25) is 0 Å². The fourth-order valence-corrected chi connectivity index (χ4v) is 5.31. The Bertz CT molecular complexity index is 916. The first-order chi connectivity index (χ1) is 16.2. The van der Waals surface area contributed by atoms with Gasteiger partial charge in [0, 0.05) is 42.3 Å². The highest BCUT2D eigenvalue weighted by Gasteiger charge is 2.37. The van der Waals surface area contributed by atoms with Gasteiger partial charge in [-0.25, -0.2) is 0 Å². The first kappa shape index (κ1) is 36.6. The molecule has 0 bridgehead atoms. The Labute approximate surface area is 240 Å². The van der Waals surface area contributed by atoms with E-state index in [2.05, 4.69) is 51.3 Å². The van der Waals surface area contributed by atoms with Crippen LogP contribution in [0.5, 0.6) is 0 Å². The summed E-state index contributed by atoms with van der Waals surface area (Å²) in [7, 11) is 0. The van der Waals surface area contributed by atoms with E-state index in [4.69, 9.17) is 11.6 Å². The van der Waals surface area contributed by atoms with Crippen molar-refractivity contribution in [2.75, 3.05) is 26.2 Å². The lowest BCUT2D eigenvalue weighted by Gasteiger charge is -2.44. The zero-order valence-electron chi connectivity index (χ0n) is 22.5. The van der Waals surface area contributed by atoms with Crippen molar-refractivity contribution in [3.8, 4) is 0 Å². The smallest absolute Gasteiger partial charge is 0.0920 e. The maximum atomic E-state index is 10.7. The third kappa shape index (κ3) is 9.34. The van der Waals surface area contributed by atoms with Crippen LogP contribution in [0.1, 0.15) is 101 Å². The van der Waals surface area contributed by atoms with Crippen LogP contribution in [0.15, 0.2) is 54.6 Å². The average molecular weight is 549 g/mol. The molecule has 4 nitrogen and oxygen atoms in total. The molecule has 2 aromatic rings. The molecule has 2 aliphatic rings. The number of nitrogens with zero attached hydrogens (tertiary/aromatic N) is 2. The van der Waals surface area contributed by atoms with E-state index in [0.29, 0.717) is 0 Å². The van der Waals surface area contributed by atoms with Crippen molar-refractivity contribution >= 4 is 11.6 Å². The summed E-state index contributed by atoms with van der Waals surface area (Å²) in [6.07, 6.45) is 3.22. The standard InChI is InChI=1S/C15H22ClNO.C15H23NO.3CH4/c1-14(2,3)17-10-8-15(18,9-11-17)12-4-6-13(16)7-5-12;1-14(2,3)16-11-9-15(17,10-12-16)13-7-5-4-6-8-13;;;/h4-7,18H,8-11H2,1-3H3;4-8,17H,9-12H2,1-3H3;3*1H4. The van der Waals surface area contributed by atoms with E-state index in [0.717, 1.165) is 68.0 Å². The van der Waals surface area contributed by atoms with Crippen LogP contribution in [-0.2, 0) is 11.2 Å². The molecule has 2 N–H and O–H groups in total. The molecule has 0 aromatic heterocycles. The lowest BCUT2D eigenvalue weighted by Crippen LogP contribution is -2.50. The van der Waals surface area contributed by atoms with Crippen LogP contribution in [0.2, 0.25) is 5.02 Å². The highest BCUT2D eigenvalue weighted by atomic mass is 35.5. The molecule has 5 heteroatoms. The van der Waals surface area contributed by atoms with E-state index < -0.39 is 11.2 Å². The van der Waals surface area contributed by atoms with Gasteiger partial charge in [0.1, 0.15) is 0 Å². The van der Waals surface area contributed by atoms with E-state index in [1.165, 1.54) is 0 Å². The summed E-state index contributed by atoms with van der Waals surface area (Å²) in [4.78, 5) is 4.88. The van der Waals surface area contributed by atoms with E-state index in [1.807, 2.05) is 54.6 Å². The highest BCUT2D eigenvalue weighted by molar-refractivity contribution is 6.30. The maximum Gasteiger partial charge on any atom is 0.0920 e. The number of hydrogen-bond donors (Lipinski definition) is 2. The lowest BCUT2D eigenvalue weighted by atomic mass is 9.83. The quantitative estimate of drug-likeness (QED) is 0.398. The van der Waals surface area contributed by atoms with Crippen molar-refractivity contribution in [1.29, 1.82) is 0 Å². The minimum atomic E-state index is -0.688. The molecule has 0 aliphatic carbocycles. The molecule has 2 fully saturated rings. The van der Waals surface area contributed by atoms with E-state index in [1.54, 1.807) is 0 Å². The van der Waals surface area contributed by atoms with Gasteiger partial charge in [0.25, 0.3) is 0 Å². The SMILES string of the molecule is C.C.C.CC(C)(C)N1CCC(O)(c2ccc(Cl)cc2)CC1.CC(C)(C)N1CCC(O)(c2ccccc2)CC1. The van der Waals surface area contributed by atoms with Crippen LogP contribution in [-0.4, -0.2) is 57.3 Å². The Morgan fingerprint density at radius 1 is 0.579 bits per heavy atom. The Kier molecular flexibility index (Phi) is 13.7. The topological polar surface area (TPSA) is 46.9 Å². The largest absolute Gasteiger partial charge is 0.385 e. The van der Waals surface area contributed by atoms with Crippen LogP contribution in [0, 0.1) is 0 Å². The van der Waals surface area contributed by atoms with E-state index in [9.17, 15) is 10.2 Å². The van der Waals surface area contributed by atoms with Crippen molar-refractivity contribution in [3.05, 3.63) is 70.7 Å². The zero-order chi connectivity index (χ0) is 25.9. The minimum absolute atomic E-state index is 0. The summed E-state index contributed by atoms with van der Waals surface area (Å²) in [5.74, 6) is 0. The molecule has 2 saturated heterocycles. The number of rotatable bonds is 2. The Balaban J connectivity index is 0.000000669. The van der Waals surface area contributed by atoms with Crippen molar-refractivity contribution in [2.45, 2.75) is 112 Å². The minimum Gasteiger partial charge on any atom is -0.385 e. The molecule has 2 aliphatic heterocycles. The number of piperidine rings is 2. The number of benzene rings is 2. The maximum absolute atomic E-state index is 10.7. The molecule has 0 saturated carbocycles. The average Bonchev–Trinajstić information content (AvgIpc) is 2.80. The van der Waals surface area contributed by atoms with Crippen LogP contribution >= 0.6 is 11.6 Å². The molecule has 38 heavy (non-hydrogen) atoms. The molecule has 0 spiro atoms. The lowest BCUT2D eigenvalue weighted by molar-refractivity contribution is -0.0465. The summed E-state index contributed by atoms with van der Waals surface area (Å²) in [6, 6.07) is 17.7. The van der Waals surface area contributed by atoms with Crippen molar-refractivity contribution < 1.29 is 10.2 Å². The second-order valence-electron chi connectivity index (χ2n) is 12.3. The van der Waals surface area contributed by atoms with Crippen LogP contribution < -0.4 is 0 Å². The molecule has 0 atom stereocenters. The van der Waals surface area contributed by atoms with Crippen molar-refractivity contribution in [1.82, 2.24) is 9.80 Å². The monoisotopic (exact) mass is 548 g/mol. The molecule has 0 unspecified atom stereocenters. The highest BCUT2D eigenvalue weighted by Crippen LogP contribution is 2.36.